The van der Waals surface area contributed by atoms with Gasteiger partial charge in [0.15, 0.2) is 0 Å². The highest BCUT2D eigenvalue weighted by Crippen LogP contribution is 2.39. The summed E-state index contributed by atoms with van der Waals surface area (Å²) in [7, 11) is -3.03. The maximum Gasteiger partial charge on any atom is 0.150 e. The molecule has 0 fully saturated rings. The number of sulfone groups is 1. The number of hydrogen-bond acceptors (Lipinski definition) is 3. The SMILES string of the molecule is CCCS(=O)(=O)CCC1(C#N)CCCc2ccccc21. The summed E-state index contributed by atoms with van der Waals surface area (Å²) in [4.78, 5) is 0. The Labute approximate surface area is 121 Å². The van der Waals surface area contributed by atoms with Gasteiger partial charge in [-0.3, -0.25) is 0 Å². The molecule has 2 rings (SSSR count). The van der Waals surface area contributed by atoms with Crippen molar-refractivity contribution < 1.29 is 8.42 Å². The molecule has 1 aliphatic carbocycles. The van der Waals surface area contributed by atoms with Gasteiger partial charge in [-0.25, -0.2) is 8.42 Å². The molecule has 1 aromatic rings. The molecular weight excluding hydrogens is 270 g/mol. The summed E-state index contributed by atoms with van der Waals surface area (Å²) in [5, 5.41) is 9.67. The molecule has 0 radical (unpaired) electrons. The normalized spacial score (nSPS) is 22.0. The van der Waals surface area contributed by atoms with E-state index in [-0.39, 0.29) is 11.5 Å². The van der Waals surface area contributed by atoms with Crippen molar-refractivity contribution in [3.63, 3.8) is 0 Å². The summed E-state index contributed by atoms with van der Waals surface area (Å²) in [5.41, 5.74) is 1.63. The first-order valence-electron chi connectivity index (χ1n) is 7.23. The van der Waals surface area contributed by atoms with E-state index in [1.807, 2.05) is 25.1 Å². The third-order valence-corrected chi connectivity index (χ3v) is 6.01. The minimum atomic E-state index is -3.03. The molecule has 0 aromatic heterocycles. The van der Waals surface area contributed by atoms with Crippen LogP contribution in [0.1, 0.15) is 43.7 Å². The number of benzene rings is 1. The number of nitrogens with zero attached hydrogens (tertiary/aromatic N) is 1. The predicted octanol–water partition coefficient (Wildman–Crippen LogP) is 3.00. The molecule has 0 N–H and O–H groups in total. The molecule has 3 nitrogen and oxygen atoms in total. The Morgan fingerprint density at radius 2 is 2.05 bits per heavy atom. The van der Waals surface area contributed by atoms with Gasteiger partial charge in [-0.05, 0) is 43.2 Å². The highest BCUT2D eigenvalue weighted by Gasteiger charge is 2.37. The van der Waals surface area contributed by atoms with Crippen LogP contribution in [0.4, 0.5) is 0 Å². The van der Waals surface area contributed by atoms with Crippen molar-refractivity contribution in [2.75, 3.05) is 11.5 Å². The standard InChI is InChI=1S/C16H21NO2S/c1-2-11-20(18,19)12-10-16(13-17)9-5-7-14-6-3-4-8-15(14)16/h3-4,6,8H,2,5,7,9-12H2,1H3. The molecule has 1 unspecified atom stereocenters. The number of aryl methyl sites for hydroxylation is 1. The van der Waals surface area contributed by atoms with Crippen LogP contribution in [0, 0.1) is 11.3 Å². The van der Waals surface area contributed by atoms with Crippen molar-refractivity contribution in [1.82, 2.24) is 0 Å². The Morgan fingerprint density at radius 3 is 2.75 bits per heavy atom. The second-order valence-corrected chi connectivity index (χ2v) is 7.91. The topological polar surface area (TPSA) is 57.9 Å². The monoisotopic (exact) mass is 291 g/mol. The summed E-state index contributed by atoms with van der Waals surface area (Å²) in [6.07, 6.45) is 3.77. The van der Waals surface area contributed by atoms with E-state index in [2.05, 4.69) is 12.1 Å². The largest absolute Gasteiger partial charge is 0.229 e. The van der Waals surface area contributed by atoms with Crippen LogP contribution in [0.2, 0.25) is 0 Å². The van der Waals surface area contributed by atoms with Crippen molar-refractivity contribution in [3.05, 3.63) is 35.4 Å². The molecule has 0 saturated carbocycles. The summed E-state index contributed by atoms with van der Waals surface area (Å²) >= 11 is 0. The van der Waals surface area contributed by atoms with Crippen LogP contribution in [0.25, 0.3) is 0 Å². The van der Waals surface area contributed by atoms with E-state index in [1.54, 1.807) is 0 Å². The molecule has 20 heavy (non-hydrogen) atoms. The van der Waals surface area contributed by atoms with Crippen LogP contribution in [-0.2, 0) is 21.7 Å². The number of fused-ring (bicyclic) bond motifs is 1. The van der Waals surface area contributed by atoms with Gasteiger partial charge < -0.3 is 0 Å². The van der Waals surface area contributed by atoms with Crippen molar-refractivity contribution in [2.24, 2.45) is 0 Å². The number of nitriles is 1. The third-order valence-electron chi connectivity index (χ3n) is 4.15. The van der Waals surface area contributed by atoms with Crippen molar-refractivity contribution >= 4 is 9.84 Å². The van der Waals surface area contributed by atoms with Gasteiger partial charge in [-0.15, -0.1) is 0 Å². The minimum Gasteiger partial charge on any atom is -0.229 e. The zero-order valence-corrected chi connectivity index (χ0v) is 12.7. The zero-order valence-electron chi connectivity index (χ0n) is 11.9. The van der Waals surface area contributed by atoms with E-state index < -0.39 is 15.3 Å². The maximum absolute atomic E-state index is 11.9. The van der Waals surface area contributed by atoms with E-state index in [0.717, 1.165) is 24.8 Å². The van der Waals surface area contributed by atoms with E-state index in [9.17, 15) is 13.7 Å². The van der Waals surface area contributed by atoms with Crippen molar-refractivity contribution in [1.29, 1.82) is 5.26 Å². The number of hydrogen-bond donors (Lipinski definition) is 0. The van der Waals surface area contributed by atoms with Gasteiger partial charge in [0.1, 0.15) is 9.84 Å². The summed E-state index contributed by atoms with van der Waals surface area (Å²) in [6.45, 7) is 1.87. The highest BCUT2D eigenvalue weighted by molar-refractivity contribution is 7.91. The van der Waals surface area contributed by atoms with E-state index in [4.69, 9.17) is 0 Å². The van der Waals surface area contributed by atoms with Crippen LogP contribution in [0.15, 0.2) is 24.3 Å². The second kappa shape index (κ2) is 5.97. The van der Waals surface area contributed by atoms with Crippen LogP contribution in [0.5, 0.6) is 0 Å². The average Bonchev–Trinajstić information content (AvgIpc) is 2.45. The Balaban J connectivity index is 2.27. The van der Waals surface area contributed by atoms with E-state index in [0.29, 0.717) is 12.8 Å². The number of rotatable bonds is 5. The Morgan fingerprint density at radius 1 is 1.30 bits per heavy atom. The molecule has 0 saturated heterocycles. The molecule has 0 bridgehead atoms. The fourth-order valence-electron chi connectivity index (χ4n) is 3.09. The Hall–Kier alpha value is -1.34. The molecule has 0 amide bonds. The van der Waals surface area contributed by atoms with Gasteiger partial charge in [-0.1, -0.05) is 31.2 Å². The fraction of sp³-hybridized carbons (Fsp3) is 0.562. The molecule has 1 atom stereocenters. The maximum atomic E-state index is 11.9. The van der Waals surface area contributed by atoms with Crippen LogP contribution in [0.3, 0.4) is 0 Å². The van der Waals surface area contributed by atoms with Gasteiger partial charge >= 0.3 is 0 Å². The summed E-state index contributed by atoms with van der Waals surface area (Å²) < 4.78 is 23.9. The summed E-state index contributed by atoms with van der Waals surface area (Å²) in [5.74, 6) is 0.332. The molecule has 1 aliphatic rings. The van der Waals surface area contributed by atoms with Crippen LogP contribution < -0.4 is 0 Å². The van der Waals surface area contributed by atoms with Crippen molar-refractivity contribution in [2.45, 2.75) is 44.4 Å². The molecule has 0 aliphatic heterocycles. The van der Waals surface area contributed by atoms with Crippen LogP contribution in [-0.4, -0.2) is 19.9 Å². The third kappa shape index (κ3) is 3.04. The molecule has 0 spiro atoms. The Bertz CT molecular complexity index is 616. The molecule has 108 valence electrons. The molecule has 4 heteroatoms. The molecule has 1 aromatic carbocycles. The van der Waals surface area contributed by atoms with E-state index >= 15 is 0 Å². The van der Waals surface area contributed by atoms with Gasteiger partial charge in [0.25, 0.3) is 0 Å². The lowest BCUT2D eigenvalue weighted by molar-refractivity contribution is 0.438. The lowest BCUT2D eigenvalue weighted by Crippen LogP contribution is -2.32. The smallest absolute Gasteiger partial charge is 0.150 e. The molecule has 0 heterocycles. The average molecular weight is 291 g/mol. The molecular formula is C16H21NO2S. The quantitative estimate of drug-likeness (QED) is 0.838. The van der Waals surface area contributed by atoms with Gasteiger partial charge in [0.2, 0.25) is 0 Å². The van der Waals surface area contributed by atoms with Crippen LogP contribution >= 0.6 is 0 Å². The predicted molar refractivity (Wildman–Crippen MR) is 80.2 cm³/mol. The van der Waals surface area contributed by atoms with Gasteiger partial charge in [-0.2, -0.15) is 5.26 Å². The Kier molecular flexibility index (Phi) is 4.49. The lowest BCUT2D eigenvalue weighted by atomic mass is 9.69. The van der Waals surface area contributed by atoms with Gasteiger partial charge in [0, 0.05) is 5.75 Å². The van der Waals surface area contributed by atoms with Crippen molar-refractivity contribution in [3.8, 4) is 6.07 Å². The zero-order chi connectivity index (χ0) is 14.6. The summed E-state index contributed by atoms with van der Waals surface area (Å²) in [6, 6.07) is 10.4. The highest BCUT2D eigenvalue weighted by atomic mass is 32.2. The van der Waals surface area contributed by atoms with Gasteiger partial charge in [0.05, 0.1) is 17.2 Å². The fourth-order valence-corrected chi connectivity index (χ4v) is 4.58. The lowest BCUT2D eigenvalue weighted by Gasteiger charge is -2.33. The second-order valence-electron chi connectivity index (χ2n) is 5.61. The first kappa shape index (κ1) is 15.1. The first-order chi connectivity index (χ1) is 9.53. The minimum absolute atomic E-state index is 0.114. The van der Waals surface area contributed by atoms with E-state index in [1.165, 1.54) is 5.56 Å². The first-order valence-corrected chi connectivity index (χ1v) is 9.05.